The van der Waals surface area contributed by atoms with Crippen molar-refractivity contribution in [3.05, 3.63) is 34.3 Å². The summed E-state index contributed by atoms with van der Waals surface area (Å²) in [4.78, 5) is 0. The SMILES string of the molecule is CC(C)NCC1(c2cccc(Br)c2)CCC1. The fourth-order valence-electron chi connectivity index (χ4n) is 2.39. The molecule has 2 heteroatoms. The number of rotatable bonds is 4. The lowest BCUT2D eigenvalue weighted by Gasteiger charge is -2.43. The van der Waals surface area contributed by atoms with Gasteiger partial charge in [0.1, 0.15) is 0 Å². The Balaban J connectivity index is 2.14. The van der Waals surface area contributed by atoms with Gasteiger partial charge in [-0.2, -0.15) is 0 Å². The summed E-state index contributed by atoms with van der Waals surface area (Å²) in [5, 5.41) is 3.59. The highest BCUT2D eigenvalue weighted by Gasteiger charge is 2.38. The summed E-state index contributed by atoms with van der Waals surface area (Å²) in [6.45, 7) is 5.54. The van der Waals surface area contributed by atoms with Gasteiger partial charge in [0.25, 0.3) is 0 Å². The molecule has 0 aliphatic heterocycles. The maximum Gasteiger partial charge on any atom is 0.0178 e. The Hall–Kier alpha value is -0.340. The van der Waals surface area contributed by atoms with E-state index in [-0.39, 0.29) is 0 Å². The highest BCUT2D eigenvalue weighted by Crippen LogP contribution is 2.43. The van der Waals surface area contributed by atoms with Crippen LogP contribution in [0.25, 0.3) is 0 Å². The number of benzene rings is 1. The molecule has 1 aliphatic rings. The van der Waals surface area contributed by atoms with Crippen LogP contribution in [0.3, 0.4) is 0 Å². The third-order valence-electron chi connectivity index (χ3n) is 3.60. The lowest BCUT2D eigenvalue weighted by atomic mass is 9.64. The van der Waals surface area contributed by atoms with Crippen LogP contribution in [0.1, 0.15) is 38.7 Å². The predicted octanol–water partition coefficient (Wildman–Crippen LogP) is 3.87. The summed E-state index contributed by atoms with van der Waals surface area (Å²) < 4.78 is 1.20. The van der Waals surface area contributed by atoms with Crippen LogP contribution in [0.2, 0.25) is 0 Å². The van der Waals surface area contributed by atoms with Crippen LogP contribution in [-0.2, 0) is 5.41 Å². The van der Waals surface area contributed by atoms with E-state index in [1.54, 1.807) is 0 Å². The normalized spacial score (nSPS) is 18.5. The summed E-state index contributed by atoms with van der Waals surface area (Å²) in [5.41, 5.74) is 1.88. The van der Waals surface area contributed by atoms with Crippen molar-refractivity contribution in [2.45, 2.75) is 44.6 Å². The minimum absolute atomic E-state index is 0.397. The lowest BCUT2D eigenvalue weighted by molar-refractivity contribution is 0.228. The Labute approximate surface area is 107 Å². The van der Waals surface area contributed by atoms with Crippen LogP contribution < -0.4 is 5.32 Å². The predicted molar refractivity (Wildman–Crippen MR) is 72.8 cm³/mol. The van der Waals surface area contributed by atoms with E-state index in [1.165, 1.54) is 29.3 Å². The van der Waals surface area contributed by atoms with E-state index in [2.05, 4.69) is 59.4 Å². The van der Waals surface area contributed by atoms with E-state index >= 15 is 0 Å². The number of hydrogen-bond acceptors (Lipinski definition) is 1. The average Bonchev–Trinajstić information content (AvgIpc) is 2.15. The first-order valence-electron chi connectivity index (χ1n) is 6.12. The molecule has 0 amide bonds. The van der Waals surface area contributed by atoms with Crippen molar-refractivity contribution in [2.75, 3.05) is 6.54 Å². The van der Waals surface area contributed by atoms with E-state index in [0.29, 0.717) is 11.5 Å². The molecule has 0 heterocycles. The summed E-state index contributed by atoms with van der Waals surface area (Å²) in [7, 11) is 0. The second-order valence-corrected chi connectivity index (χ2v) is 6.10. The van der Waals surface area contributed by atoms with Crippen LogP contribution in [0.4, 0.5) is 0 Å². The van der Waals surface area contributed by atoms with Gasteiger partial charge < -0.3 is 5.32 Å². The third kappa shape index (κ3) is 2.49. The Morgan fingerprint density at radius 3 is 2.62 bits per heavy atom. The van der Waals surface area contributed by atoms with Gasteiger partial charge in [-0.1, -0.05) is 48.3 Å². The van der Waals surface area contributed by atoms with Crippen LogP contribution in [-0.4, -0.2) is 12.6 Å². The first kappa shape index (κ1) is 12.1. The van der Waals surface area contributed by atoms with Crippen molar-refractivity contribution in [3.63, 3.8) is 0 Å². The summed E-state index contributed by atoms with van der Waals surface area (Å²) in [6, 6.07) is 9.37. The summed E-state index contributed by atoms with van der Waals surface area (Å²) in [5.74, 6) is 0. The Bertz CT molecular complexity index is 356. The topological polar surface area (TPSA) is 12.0 Å². The van der Waals surface area contributed by atoms with Gasteiger partial charge in [0, 0.05) is 22.5 Å². The molecule has 1 aliphatic carbocycles. The zero-order valence-corrected chi connectivity index (χ0v) is 11.7. The second kappa shape index (κ2) is 4.89. The van der Waals surface area contributed by atoms with E-state index < -0.39 is 0 Å². The van der Waals surface area contributed by atoms with Gasteiger partial charge >= 0.3 is 0 Å². The van der Waals surface area contributed by atoms with Gasteiger partial charge in [-0.3, -0.25) is 0 Å². The smallest absolute Gasteiger partial charge is 0.0178 e. The quantitative estimate of drug-likeness (QED) is 0.884. The molecule has 1 aromatic rings. The van der Waals surface area contributed by atoms with Crippen molar-refractivity contribution in [1.29, 1.82) is 0 Å². The Morgan fingerprint density at radius 2 is 2.12 bits per heavy atom. The van der Waals surface area contributed by atoms with Crippen LogP contribution in [0.5, 0.6) is 0 Å². The maximum absolute atomic E-state index is 3.59. The number of hydrogen-bond donors (Lipinski definition) is 1. The van der Waals surface area contributed by atoms with Gasteiger partial charge in [-0.15, -0.1) is 0 Å². The van der Waals surface area contributed by atoms with Crippen LogP contribution in [0, 0.1) is 0 Å². The highest BCUT2D eigenvalue weighted by atomic mass is 79.9. The number of nitrogens with one attached hydrogen (secondary N) is 1. The molecule has 88 valence electrons. The first-order chi connectivity index (χ1) is 7.62. The van der Waals surface area contributed by atoms with Crippen molar-refractivity contribution >= 4 is 15.9 Å². The molecule has 1 N–H and O–H groups in total. The largest absolute Gasteiger partial charge is 0.314 e. The lowest BCUT2D eigenvalue weighted by Crippen LogP contribution is -2.45. The van der Waals surface area contributed by atoms with E-state index in [1.807, 2.05) is 0 Å². The highest BCUT2D eigenvalue weighted by molar-refractivity contribution is 9.10. The van der Waals surface area contributed by atoms with Gasteiger partial charge in [0.05, 0.1) is 0 Å². The minimum atomic E-state index is 0.397. The standard InChI is InChI=1S/C14H20BrN/c1-11(2)16-10-14(7-4-8-14)12-5-3-6-13(15)9-12/h3,5-6,9,11,16H,4,7-8,10H2,1-2H3. The molecule has 2 rings (SSSR count). The fourth-order valence-corrected chi connectivity index (χ4v) is 2.79. The van der Waals surface area contributed by atoms with Crippen molar-refractivity contribution in [3.8, 4) is 0 Å². The van der Waals surface area contributed by atoms with Gasteiger partial charge in [0.2, 0.25) is 0 Å². The van der Waals surface area contributed by atoms with Gasteiger partial charge in [-0.05, 0) is 30.5 Å². The van der Waals surface area contributed by atoms with Gasteiger partial charge in [-0.25, -0.2) is 0 Å². The van der Waals surface area contributed by atoms with Crippen LogP contribution >= 0.6 is 15.9 Å². The summed E-state index contributed by atoms with van der Waals surface area (Å²) >= 11 is 3.57. The molecule has 16 heavy (non-hydrogen) atoms. The van der Waals surface area contributed by atoms with E-state index in [9.17, 15) is 0 Å². The molecule has 0 saturated heterocycles. The van der Waals surface area contributed by atoms with Crippen molar-refractivity contribution in [2.24, 2.45) is 0 Å². The maximum atomic E-state index is 3.59. The molecule has 1 nitrogen and oxygen atoms in total. The van der Waals surface area contributed by atoms with Gasteiger partial charge in [0.15, 0.2) is 0 Å². The monoisotopic (exact) mass is 281 g/mol. The zero-order valence-electron chi connectivity index (χ0n) is 10.1. The molecule has 1 saturated carbocycles. The van der Waals surface area contributed by atoms with Crippen molar-refractivity contribution in [1.82, 2.24) is 5.32 Å². The fraction of sp³-hybridized carbons (Fsp3) is 0.571. The molecule has 1 fully saturated rings. The minimum Gasteiger partial charge on any atom is -0.314 e. The molecule has 0 spiro atoms. The Morgan fingerprint density at radius 1 is 1.38 bits per heavy atom. The zero-order chi connectivity index (χ0) is 11.6. The van der Waals surface area contributed by atoms with E-state index in [4.69, 9.17) is 0 Å². The average molecular weight is 282 g/mol. The van der Waals surface area contributed by atoms with Crippen LogP contribution in [0.15, 0.2) is 28.7 Å². The third-order valence-corrected chi connectivity index (χ3v) is 4.09. The summed E-state index contributed by atoms with van der Waals surface area (Å²) in [6.07, 6.45) is 4.01. The second-order valence-electron chi connectivity index (χ2n) is 5.18. The van der Waals surface area contributed by atoms with Crippen molar-refractivity contribution < 1.29 is 0 Å². The first-order valence-corrected chi connectivity index (χ1v) is 6.91. The molecule has 0 aromatic heterocycles. The molecule has 0 atom stereocenters. The molecule has 0 unspecified atom stereocenters. The molecule has 0 bridgehead atoms. The van der Waals surface area contributed by atoms with E-state index in [0.717, 1.165) is 6.54 Å². The molecular formula is C14H20BrN. The number of halogens is 1. The molecule has 1 aromatic carbocycles. The Kier molecular flexibility index (Phi) is 3.70. The molecular weight excluding hydrogens is 262 g/mol. The molecule has 0 radical (unpaired) electrons.